The van der Waals surface area contributed by atoms with Gasteiger partial charge in [-0.05, 0) is 12.8 Å². The number of thioether (sulfide) groups is 1. The maximum atomic E-state index is 10.2. The molecule has 0 radical (unpaired) electrons. The summed E-state index contributed by atoms with van der Waals surface area (Å²) in [6, 6.07) is 0. The highest BCUT2D eigenvalue weighted by atomic mass is 32.2. The lowest BCUT2D eigenvalue weighted by atomic mass is 9.86. The molecule has 18 heavy (non-hydrogen) atoms. The molecule has 0 aromatic rings. The molecule has 5 unspecified atom stereocenters. The van der Waals surface area contributed by atoms with Crippen molar-refractivity contribution in [2.75, 3.05) is 24.7 Å². The Hall–Kier alpha value is 0.150. The molecule has 3 rings (SSSR count). The van der Waals surface area contributed by atoms with Crippen LogP contribution in [0.1, 0.15) is 19.3 Å². The highest BCUT2D eigenvalue weighted by Gasteiger charge is 2.44. The van der Waals surface area contributed by atoms with Gasteiger partial charge in [-0.2, -0.15) is 11.8 Å². The van der Waals surface area contributed by atoms with E-state index in [0.717, 1.165) is 30.8 Å². The van der Waals surface area contributed by atoms with Gasteiger partial charge in [-0.15, -0.1) is 0 Å². The number of rotatable bonds is 4. The Balaban J connectivity index is 2.01. The third-order valence-electron chi connectivity index (χ3n) is 3.61. The lowest BCUT2D eigenvalue weighted by Crippen LogP contribution is -2.55. The van der Waals surface area contributed by atoms with Crippen LogP contribution in [0.15, 0.2) is 0 Å². The molecule has 0 saturated carbocycles. The summed E-state index contributed by atoms with van der Waals surface area (Å²) in [5.41, 5.74) is 5.47. The van der Waals surface area contributed by atoms with Crippen LogP contribution in [0.25, 0.3) is 0 Å². The summed E-state index contributed by atoms with van der Waals surface area (Å²) >= 11 is 1.73. The zero-order chi connectivity index (χ0) is 13.0. The van der Waals surface area contributed by atoms with Crippen molar-refractivity contribution >= 4 is 11.8 Å². The van der Waals surface area contributed by atoms with Gasteiger partial charge in [-0.3, -0.25) is 0 Å². The summed E-state index contributed by atoms with van der Waals surface area (Å²) in [6.07, 6.45) is 0.429. The van der Waals surface area contributed by atoms with Gasteiger partial charge in [0.1, 0.15) is 6.10 Å². The van der Waals surface area contributed by atoms with Crippen LogP contribution >= 0.6 is 11.8 Å². The van der Waals surface area contributed by atoms with Crippen LogP contribution in [0.5, 0.6) is 0 Å². The van der Waals surface area contributed by atoms with Gasteiger partial charge in [0, 0.05) is 30.6 Å². The van der Waals surface area contributed by atoms with Crippen molar-refractivity contribution in [1.82, 2.24) is 0 Å². The van der Waals surface area contributed by atoms with E-state index in [9.17, 15) is 10.2 Å². The molecule has 3 saturated heterocycles. The molecule has 0 aliphatic carbocycles. The van der Waals surface area contributed by atoms with E-state index in [-0.39, 0.29) is 12.0 Å². The molecule has 106 valence electrons. The second-order valence-corrected chi connectivity index (χ2v) is 6.07. The number of fused-ring (bicyclic) bond motifs is 6. The van der Waals surface area contributed by atoms with Crippen molar-refractivity contribution in [3.63, 3.8) is 0 Å². The smallest absolute Gasteiger partial charge is 0.186 e. The van der Waals surface area contributed by atoms with Crippen molar-refractivity contribution in [2.24, 2.45) is 11.7 Å². The van der Waals surface area contributed by atoms with Gasteiger partial charge >= 0.3 is 0 Å². The summed E-state index contributed by atoms with van der Waals surface area (Å²) in [6.45, 7) is 1.23. The van der Waals surface area contributed by atoms with E-state index in [1.165, 1.54) is 0 Å². The third-order valence-corrected chi connectivity index (χ3v) is 4.70. The van der Waals surface area contributed by atoms with Crippen molar-refractivity contribution in [2.45, 2.75) is 43.9 Å². The van der Waals surface area contributed by atoms with Gasteiger partial charge in [0.2, 0.25) is 0 Å². The lowest BCUT2D eigenvalue weighted by Gasteiger charge is -2.42. The summed E-state index contributed by atoms with van der Waals surface area (Å²) in [4.78, 5) is 0. The molecular formula is C12H23NO4S. The van der Waals surface area contributed by atoms with Gasteiger partial charge in [0.25, 0.3) is 0 Å². The molecule has 2 bridgehead atoms. The van der Waals surface area contributed by atoms with E-state index in [2.05, 4.69) is 0 Å². The SMILES string of the molecule is NCCSCC1OC2OCCCCC1C(O)C2O. The highest BCUT2D eigenvalue weighted by Crippen LogP contribution is 2.33. The molecule has 3 fully saturated rings. The Morgan fingerprint density at radius 2 is 2.06 bits per heavy atom. The number of ether oxygens (including phenoxy) is 2. The molecular weight excluding hydrogens is 254 g/mol. The Kier molecular flexibility index (Phi) is 5.72. The number of hydrogen-bond donors (Lipinski definition) is 3. The predicted octanol–water partition coefficient (Wildman–Crippen LogP) is -0.0583. The molecule has 3 aliphatic rings. The van der Waals surface area contributed by atoms with Crippen molar-refractivity contribution < 1.29 is 19.7 Å². The van der Waals surface area contributed by atoms with E-state index < -0.39 is 18.5 Å². The molecule has 3 aliphatic heterocycles. The largest absolute Gasteiger partial charge is 0.390 e. The average molecular weight is 277 g/mol. The van der Waals surface area contributed by atoms with Crippen LogP contribution in [0, 0.1) is 5.92 Å². The van der Waals surface area contributed by atoms with Crippen molar-refractivity contribution in [1.29, 1.82) is 0 Å². The topological polar surface area (TPSA) is 84.9 Å². The summed E-state index contributed by atoms with van der Waals surface area (Å²) in [7, 11) is 0. The second-order valence-electron chi connectivity index (χ2n) is 4.92. The Labute approximate surface area is 112 Å². The zero-order valence-electron chi connectivity index (χ0n) is 10.5. The van der Waals surface area contributed by atoms with Crippen LogP contribution < -0.4 is 5.73 Å². The number of aliphatic hydroxyl groups excluding tert-OH is 2. The maximum Gasteiger partial charge on any atom is 0.186 e. The minimum absolute atomic E-state index is 0.00299. The van der Waals surface area contributed by atoms with Gasteiger partial charge in [0.15, 0.2) is 6.29 Å². The first kappa shape index (κ1) is 14.6. The highest BCUT2D eigenvalue weighted by molar-refractivity contribution is 7.99. The molecule has 4 N–H and O–H groups in total. The van der Waals surface area contributed by atoms with Crippen molar-refractivity contribution in [3.05, 3.63) is 0 Å². The maximum absolute atomic E-state index is 10.2. The van der Waals surface area contributed by atoms with Crippen LogP contribution in [0.2, 0.25) is 0 Å². The number of nitrogens with two attached hydrogens (primary N) is 1. The van der Waals surface area contributed by atoms with Gasteiger partial charge in [0.05, 0.1) is 12.2 Å². The van der Waals surface area contributed by atoms with Crippen LogP contribution in [0.3, 0.4) is 0 Å². The van der Waals surface area contributed by atoms with E-state index in [4.69, 9.17) is 15.2 Å². The Bertz CT molecular complexity index is 254. The average Bonchev–Trinajstić information content (AvgIpc) is 2.50. The fourth-order valence-electron chi connectivity index (χ4n) is 2.61. The summed E-state index contributed by atoms with van der Waals surface area (Å²) in [5.74, 6) is 1.69. The zero-order valence-corrected chi connectivity index (χ0v) is 11.3. The fourth-order valence-corrected chi connectivity index (χ4v) is 3.50. The monoisotopic (exact) mass is 277 g/mol. The molecule has 6 heteroatoms. The first-order valence-electron chi connectivity index (χ1n) is 6.65. The molecule has 0 spiro atoms. The van der Waals surface area contributed by atoms with E-state index >= 15 is 0 Å². The number of hydrogen-bond acceptors (Lipinski definition) is 6. The van der Waals surface area contributed by atoms with E-state index in [1.807, 2.05) is 0 Å². The second kappa shape index (κ2) is 7.07. The first-order valence-corrected chi connectivity index (χ1v) is 7.80. The molecule has 0 amide bonds. The van der Waals surface area contributed by atoms with Crippen LogP contribution in [-0.2, 0) is 9.47 Å². The normalized spacial score (nSPS) is 41.2. The van der Waals surface area contributed by atoms with Gasteiger partial charge < -0.3 is 25.4 Å². The van der Waals surface area contributed by atoms with Crippen molar-refractivity contribution in [3.8, 4) is 0 Å². The van der Waals surface area contributed by atoms with Crippen LogP contribution in [-0.4, -0.2) is 59.5 Å². The summed E-state index contributed by atoms with van der Waals surface area (Å²) in [5, 5.41) is 20.1. The molecule has 0 aromatic heterocycles. The van der Waals surface area contributed by atoms with Gasteiger partial charge in [-0.25, -0.2) is 0 Å². The van der Waals surface area contributed by atoms with E-state index in [1.54, 1.807) is 11.8 Å². The van der Waals surface area contributed by atoms with E-state index in [0.29, 0.717) is 13.2 Å². The van der Waals surface area contributed by atoms with Gasteiger partial charge in [-0.1, -0.05) is 6.42 Å². The lowest BCUT2D eigenvalue weighted by molar-refractivity contribution is -0.277. The minimum atomic E-state index is -0.927. The third kappa shape index (κ3) is 3.37. The molecule has 3 heterocycles. The first-order chi connectivity index (χ1) is 8.74. The van der Waals surface area contributed by atoms with Crippen LogP contribution in [0.4, 0.5) is 0 Å². The molecule has 0 aromatic carbocycles. The molecule has 5 atom stereocenters. The molecule has 5 nitrogen and oxygen atoms in total. The fraction of sp³-hybridized carbons (Fsp3) is 1.00. The summed E-state index contributed by atoms with van der Waals surface area (Å²) < 4.78 is 11.3. The predicted molar refractivity (Wildman–Crippen MR) is 70.3 cm³/mol. The Morgan fingerprint density at radius 3 is 2.83 bits per heavy atom. The standard InChI is InChI=1S/C12H23NO4S/c13-4-6-18-7-9-8-3-1-2-5-16-12(17-9)11(15)10(8)14/h8-12,14-15H,1-7,13H2. The minimum Gasteiger partial charge on any atom is -0.390 e. The Morgan fingerprint density at radius 1 is 1.22 bits per heavy atom. The quantitative estimate of drug-likeness (QED) is 0.624. The number of aliphatic hydroxyl groups is 2.